The molecule has 1 amide bonds. The van der Waals surface area contributed by atoms with Crippen molar-refractivity contribution in [3.8, 4) is 0 Å². The fourth-order valence-electron chi connectivity index (χ4n) is 1.55. The molecule has 0 bridgehead atoms. The van der Waals surface area contributed by atoms with E-state index < -0.39 is 5.97 Å². The molecule has 0 atom stereocenters. The number of carbonyl (C=O) groups excluding carboxylic acids is 1. The largest absolute Gasteiger partial charge is 0.480 e. The zero-order chi connectivity index (χ0) is 12.3. The van der Waals surface area contributed by atoms with Gasteiger partial charge in [0.05, 0.1) is 0 Å². The maximum atomic E-state index is 11.8. The molecule has 1 aliphatic carbocycles. The summed E-state index contributed by atoms with van der Waals surface area (Å²) in [6, 6.07) is 3.93. The quantitative estimate of drug-likeness (QED) is 0.812. The van der Waals surface area contributed by atoms with E-state index in [0.29, 0.717) is 0 Å². The van der Waals surface area contributed by atoms with Crippen molar-refractivity contribution in [2.24, 2.45) is 0 Å². The van der Waals surface area contributed by atoms with Crippen LogP contribution in [0.4, 0.5) is 0 Å². The number of hydrogen-bond acceptors (Lipinski definition) is 3. The van der Waals surface area contributed by atoms with Crippen molar-refractivity contribution in [1.82, 2.24) is 4.90 Å². The Hall–Kier alpha value is -1.62. The maximum absolute atomic E-state index is 11.8. The molecule has 90 valence electrons. The molecule has 0 radical (unpaired) electrons. The Kier molecular flexibility index (Phi) is 3.58. The average Bonchev–Trinajstić information content (AvgIpc) is 2.99. The zero-order valence-corrected chi connectivity index (χ0v) is 10.0. The van der Waals surface area contributed by atoms with Gasteiger partial charge in [0.2, 0.25) is 5.91 Å². The molecule has 1 N–H and O–H groups in total. The molecule has 17 heavy (non-hydrogen) atoms. The predicted molar refractivity (Wildman–Crippen MR) is 65.7 cm³/mol. The molecule has 0 aromatic carbocycles. The first-order valence-corrected chi connectivity index (χ1v) is 6.29. The van der Waals surface area contributed by atoms with Crippen molar-refractivity contribution in [1.29, 1.82) is 0 Å². The van der Waals surface area contributed by atoms with Gasteiger partial charge in [0.15, 0.2) is 0 Å². The molecule has 4 nitrogen and oxygen atoms in total. The van der Waals surface area contributed by atoms with Crippen LogP contribution in [0.15, 0.2) is 23.6 Å². The van der Waals surface area contributed by atoms with Gasteiger partial charge in [-0.1, -0.05) is 6.07 Å². The summed E-state index contributed by atoms with van der Waals surface area (Å²) in [6.07, 6.45) is 5.00. The molecule has 1 aromatic heterocycles. The first-order chi connectivity index (χ1) is 8.16. The second-order valence-corrected chi connectivity index (χ2v) is 4.92. The van der Waals surface area contributed by atoms with Crippen LogP contribution in [0.3, 0.4) is 0 Å². The first kappa shape index (κ1) is 11.9. The lowest BCUT2D eigenvalue weighted by Gasteiger charge is -2.17. The maximum Gasteiger partial charge on any atom is 0.323 e. The van der Waals surface area contributed by atoms with Crippen molar-refractivity contribution < 1.29 is 14.7 Å². The summed E-state index contributed by atoms with van der Waals surface area (Å²) in [5, 5.41) is 10.7. The highest BCUT2D eigenvalue weighted by molar-refractivity contribution is 7.10. The third kappa shape index (κ3) is 3.42. The van der Waals surface area contributed by atoms with E-state index in [1.165, 1.54) is 11.0 Å². The number of rotatable bonds is 5. The Morgan fingerprint density at radius 3 is 2.82 bits per heavy atom. The predicted octanol–water partition coefficient (Wildman–Crippen LogP) is 1.84. The highest BCUT2D eigenvalue weighted by Gasteiger charge is 2.32. The van der Waals surface area contributed by atoms with E-state index in [0.717, 1.165) is 17.7 Å². The van der Waals surface area contributed by atoms with E-state index in [-0.39, 0.29) is 18.5 Å². The molecule has 1 aliphatic rings. The van der Waals surface area contributed by atoms with Gasteiger partial charge in [-0.2, -0.15) is 0 Å². The minimum atomic E-state index is -0.963. The van der Waals surface area contributed by atoms with Crippen LogP contribution in [0.1, 0.15) is 17.7 Å². The summed E-state index contributed by atoms with van der Waals surface area (Å²) < 4.78 is 0. The highest BCUT2D eigenvalue weighted by atomic mass is 32.1. The standard InChI is InChI=1S/C12H13NO3S/c14-11(6-5-10-2-1-7-17-10)13(8-12(15)16)9-3-4-9/h1-2,5-7,9H,3-4,8H2,(H,15,16)/b6-5+. The van der Waals surface area contributed by atoms with Crippen LogP contribution in [-0.4, -0.2) is 34.5 Å². The summed E-state index contributed by atoms with van der Waals surface area (Å²) in [6.45, 7) is -0.210. The number of carboxylic acid groups (broad SMARTS) is 1. The summed E-state index contributed by atoms with van der Waals surface area (Å²) >= 11 is 1.54. The lowest BCUT2D eigenvalue weighted by Crippen LogP contribution is -2.36. The fraction of sp³-hybridized carbons (Fsp3) is 0.333. The van der Waals surface area contributed by atoms with E-state index >= 15 is 0 Å². The van der Waals surface area contributed by atoms with Crippen LogP contribution in [-0.2, 0) is 9.59 Å². The summed E-state index contributed by atoms with van der Waals surface area (Å²) in [5.41, 5.74) is 0. The van der Waals surface area contributed by atoms with E-state index in [1.807, 2.05) is 17.5 Å². The first-order valence-electron chi connectivity index (χ1n) is 5.41. The van der Waals surface area contributed by atoms with Crippen molar-refractivity contribution in [2.45, 2.75) is 18.9 Å². The minimum Gasteiger partial charge on any atom is -0.480 e. The third-order valence-electron chi connectivity index (χ3n) is 2.51. The second-order valence-electron chi connectivity index (χ2n) is 3.94. The number of thiophene rings is 1. The summed E-state index contributed by atoms with van der Waals surface area (Å²) in [7, 11) is 0. The summed E-state index contributed by atoms with van der Waals surface area (Å²) in [5.74, 6) is -1.18. The van der Waals surface area contributed by atoms with Crippen LogP contribution in [0, 0.1) is 0 Å². The van der Waals surface area contributed by atoms with E-state index in [9.17, 15) is 9.59 Å². The van der Waals surface area contributed by atoms with Gasteiger partial charge in [0.25, 0.3) is 0 Å². The Bertz CT molecular complexity index is 435. The number of hydrogen-bond donors (Lipinski definition) is 1. The molecule has 0 saturated heterocycles. The smallest absolute Gasteiger partial charge is 0.323 e. The number of carbonyl (C=O) groups is 2. The second kappa shape index (κ2) is 5.14. The molecule has 5 heteroatoms. The Morgan fingerprint density at radius 2 is 2.29 bits per heavy atom. The fourth-order valence-corrected chi connectivity index (χ4v) is 2.17. The van der Waals surface area contributed by atoms with Crippen molar-refractivity contribution in [3.05, 3.63) is 28.5 Å². The molecule has 0 unspecified atom stereocenters. The molecular formula is C12H13NO3S. The minimum absolute atomic E-state index is 0.117. The third-order valence-corrected chi connectivity index (χ3v) is 3.35. The molecule has 0 aliphatic heterocycles. The monoisotopic (exact) mass is 251 g/mol. The van der Waals surface area contributed by atoms with Crippen LogP contribution >= 0.6 is 11.3 Å². The van der Waals surface area contributed by atoms with Crippen molar-refractivity contribution in [3.63, 3.8) is 0 Å². The number of carboxylic acids is 1. The van der Waals surface area contributed by atoms with Gasteiger partial charge >= 0.3 is 5.97 Å². The normalized spacial score (nSPS) is 15.1. The van der Waals surface area contributed by atoms with Crippen molar-refractivity contribution >= 4 is 29.3 Å². The molecular weight excluding hydrogens is 238 g/mol. The molecule has 1 heterocycles. The van der Waals surface area contributed by atoms with Crippen LogP contribution < -0.4 is 0 Å². The molecule has 1 fully saturated rings. The lowest BCUT2D eigenvalue weighted by atomic mass is 10.3. The SMILES string of the molecule is O=C(O)CN(C(=O)/C=C/c1cccs1)C1CC1. The average molecular weight is 251 g/mol. The van der Waals surface area contributed by atoms with Gasteiger partial charge in [0, 0.05) is 17.0 Å². The van der Waals surface area contributed by atoms with Gasteiger partial charge in [-0.25, -0.2) is 0 Å². The Morgan fingerprint density at radius 1 is 1.53 bits per heavy atom. The number of nitrogens with zero attached hydrogens (tertiary/aromatic N) is 1. The van der Waals surface area contributed by atoms with Gasteiger partial charge < -0.3 is 10.0 Å². The van der Waals surface area contributed by atoms with Crippen LogP contribution in [0.5, 0.6) is 0 Å². The van der Waals surface area contributed by atoms with Crippen molar-refractivity contribution in [2.75, 3.05) is 6.54 Å². The highest BCUT2D eigenvalue weighted by Crippen LogP contribution is 2.27. The molecule has 1 saturated carbocycles. The number of amides is 1. The molecule has 2 rings (SSSR count). The Balaban J connectivity index is 1.99. The van der Waals surface area contributed by atoms with E-state index in [2.05, 4.69) is 0 Å². The molecule has 0 spiro atoms. The Labute approximate surface area is 103 Å². The topological polar surface area (TPSA) is 57.6 Å². The molecule has 1 aromatic rings. The number of aliphatic carboxylic acids is 1. The van der Waals surface area contributed by atoms with E-state index in [4.69, 9.17) is 5.11 Å². The van der Waals surface area contributed by atoms with Gasteiger partial charge in [-0.15, -0.1) is 11.3 Å². The van der Waals surface area contributed by atoms with Gasteiger partial charge in [0.1, 0.15) is 6.54 Å². The van der Waals surface area contributed by atoms with Crippen LogP contribution in [0.2, 0.25) is 0 Å². The summed E-state index contributed by atoms with van der Waals surface area (Å²) in [4.78, 5) is 24.9. The van der Waals surface area contributed by atoms with Gasteiger partial charge in [-0.3, -0.25) is 9.59 Å². The lowest BCUT2D eigenvalue weighted by molar-refractivity contribution is -0.143. The van der Waals surface area contributed by atoms with E-state index in [1.54, 1.807) is 17.4 Å². The van der Waals surface area contributed by atoms with Gasteiger partial charge in [-0.05, 0) is 30.4 Å². The van der Waals surface area contributed by atoms with Crippen LogP contribution in [0.25, 0.3) is 6.08 Å². The zero-order valence-electron chi connectivity index (χ0n) is 9.20.